The second kappa shape index (κ2) is 9.91. The van der Waals surface area contributed by atoms with Crippen LogP contribution in [0.5, 0.6) is 0 Å². The second-order valence-electron chi connectivity index (χ2n) is 8.58. The Bertz CT molecular complexity index is 1260. The highest BCUT2D eigenvalue weighted by molar-refractivity contribution is 6.35. The second-order valence-corrected chi connectivity index (χ2v) is 9.37. The van der Waals surface area contributed by atoms with E-state index in [1.54, 1.807) is 12.4 Å². The van der Waals surface area contributed by atoms with Gasteiger partial charge in [0.1, 0.15) is 23.4 Å². The molecule has 0 aromatic carbocycles. The maximum atomic E-state index is 13.0. The fourth-order valence-corrected chi connectivity index (χ4v) is 4.16. The molecule has 2 aliphatic rings. The van der Waals surface area contributed by atoms with Crippen LogP contribution in [0.15, 0.2) is 29.5 Å². The Kier molecular flexibility index (Phi) is 6.73. The van der Waals surface area contributed by atoms with Gasteiger partial charge in [-0.15, -0.1) is 0 Å². The summed E-state index contributed by atoms with van der Waals surface area (Å²) in [5.74, 6) is 0.351. The minimum absolute atomic E-state index is 0.0668. The van der Waals surface area contributed by atoms with Crippen molar-refractivity contribution in [3.8, 4) is 0 Å². The molecule has 1 amide bonds. The van der Waals surface area contributed by atoms with Gasteiger partial charge in [0, 0.05) is 30.9 Å². The van der Waals surface area contributed by atoms with Crippen molar-refractivity contribution in [2.75, 3.05) is 25.1 Å². The van der Waals surface area contributed by atoms with E-state index in [2.05, 4.69) is 25.6 Å². The number of fused-ring (bicyclic) bond motifs is 1. The van der Waals surface area contributed by atoms with E-state index >= 15 is 0 Å². The van der Waals surface area contributed by atoms with Crippen molar-refractivity contribution < 1.29 is 14.3 Å². The van der Waals surface area contributed by atoms with Crippen molar-refractivity contribution in [1.82, 2.24) is 24.8 Å². The normalized spacial score (nSPS) is 20.1. The molecular formula is C22H24Cl2N6O4. The number of nitrogens with zero attached hydrogens (tertiary/aromatic N) is 3. The first kappa shape index (κ1) is 23.1. The maximum Gasteiger partial charge on any atom is 0.294 e. The number of H-pyrrole nitrogens is 1. The highest BCUT2D eigenvalue weighted by Crippen LogP contribution is 2.30. The van der Waals surface area contributed by atoms with Gasteiger partial charge in [-0.05, 0) is 30.4 Å². The van der Waals surface area contributed by atoms with Gasteiger partial charge < -0.3 is 25.1 Å². The number of nitrogens with one attached hydrogen (secondary N) is 3. The first-order chi connectivity index (χ1) is 16.5. The molecule has 2 atom stereocenters. The summed E-state index contributed by atoms with van der Waals surface area (Å²) in [6.45, 7) is 1.54. The third-order valence-corrected chi connectivity index (χ3v) is 6.54. The van der Waals surface area contributed by atoms with E-state index in [1.807, 2.05) is 6.07 Å². The number of aromatic amines is 1. The molecular weight excluding hydrogens is 483 g/mol. The summed E-state index contributed by atoms with van der Waals surface area (Å²) in [5, 5.41) is 7.29. The van der Waals surface area contributed by atoms with E-state index in [1.165, 1.54) is 23.6 Å². The summed E-state index contributed by atoms with van der Waals surface area (Å²) in [6, 6.07) is 1.64. The Morgan fingerprint density at radius 3 is 2.94 bits per heavy atom. The molecule has 1 saturated heterocycles. The molecule has 4 heterocycles. The molecule has 2 unspecified atom stereocenters. The first-order valence-electron chi connectivity index (χ1n) is 11.1. The molecule has 1 saturated carbocycles. The van der Waals surface area contributed by atoms with Crippen LogP contribution in [0.2, 0.25) is 10.2 Å². The topological polar surface area (TPSA) is 123 Å². The maximum absolute atomic E-state index is 13.0. The lowest BCUT2D eigenvalue weighted by Crippen LogP contribution is -2.39. The molecule has 3 aromatic heterocycles. The van der Waals surface area contributed by atoms with Crippen LogP contribution in [-0.2, 0) is 27.4 Å². The Morgan fingerprint density at radius 1 is 1.26 bits per heavy atom. The Balaban J connectivity index is 1.22. The SMILES string of the molecule is O=C(Cn1c(Cl)cnc(NC2COCC2OCC2CC2)c1=O)NCc1cnc2[nH]cc(Cl)c2c1. The van der Waals surface area contributed by atoms with Crippen LogP contribution in [0.25, 0.3) is 11.0 Å². The number of ether oxygens (including phenoxy) is 2. The van der Waals surface area contributed by atoms with E-state index in [0.717, 1.165) is 10.9 Å². The third kappa shape index (κ3) is 5.20. The molecule has 12 heteroatoms. The van der Waals surface area contributed by atoms with Gasteiger partial charge in [0.25, 0.3) is 5.56 Å². The molecule has 0 spiro atoms. The van der Waals surface area contributed by atoms with Gasteiger partial charge in [0.05, 0.1) is 30.5 Å². The largest absolute Gasteiger partial charge is 0.376 e. The van der Waals surface area contributed by atoms with Crippen molar-refractivity contribution in [2.24, 2.45) is 5.92 Å². The van der Waals surface area contributed by atoms with Crippen LogP contribution in [0.1, 0.15) is 18.4 Å². The van der Waals surface area contributed by atoms with Crippen molar-refractivity contribution >= 4 is 46.0 Å². The third-order valence-electron chi connectivity index (χ3n) is 5.93. The van der Waals surface area contributed by atoms with E-state index in [0.29, 0.717) is 36.4 Å². The molecule has 0 radical (unpaired) electrons. The van der Waals surface area contributed by atoms with Gasteiger partial charge in [0.15, 0.2) is 5.82 Å². The summed E-state index contributed by atoms with van der Waals surface area (Å²) in [5.41, 5.74) is 0.956. The van der Waals surface area contributed by atoms with Crippen molar-refractivity contribution in [2.45, 2.75) is 38.1 Å². The average molecular weight is 507 g/mol. The number of carbonyl (C=O) groups excluding carboxylic acids is 1. The van der Waals surface area contributed by atoms with E-state index in [4.69, 9.17) is 32.7 Å². The molecule has 1 aliphatic heterocycles. The lowest BCUT2D eigenvalue weighted by Gasteiger charge is -2.20. The van der Waals surface area contributed by atoms with Crippen LogP contribution < -0.4 is 16.2 Å². The molecule has 1 aliphatic carbocycles. The molecule has 0 bridgehead atoms. The number of pyridine rings is 1. The summed E-state index contributed by atoms with van der Waals surface area (Å²) in [6.07, 6.45) is 6.89. The standard InChI is InChI=1S/C22H24Cl2N6O4/c23-15-6-27-20-14(15)3-13(5-26-20)4-25-19(31)8-30-18(24)7-28-21(22(30)32)29-16-10-33-11-17(16)34-9-12-1-2-12/h3,5-7,12,16-17H,1-2,4,8-11H2,(H,25,31)(H,26,27)(H,28,29). The fourth-order valence-electron chi connectivity index (χ4n) is 3.78. The number of hydrogen-bond acceptors (Lipinski definition) is 7. The number of halogens is 2. The average Bonchev–Trinajstić information content (AvgIpc) is 3.45. The van der Waals surface area contributed by atoms with Crippen molar-refractivity contribution in [1.29, 1.82) is 0 Å². The molecule has 34 heavy (non-hydrogen) atoms. The molecule has 10 nitrogen and oxygen atoms in total. The minimum Gasteiger partial charge on any atom is -0.376 e. The monoisotopic (exact) mass is 506 g/mol. The molecule has 180 valence electrons. The van der Waals surface area contributed by atoms with Crippen LogP contribution in [0.4, 0.5) is 5.82 Å². The first-order valence-corrected chi connectivity index (χ1v) is 11.8. The zero-order chi connectivity index (χ0) is 23.7. The van der Waals surface area contributed by atoms with Crippen LogP contribution in [0, 0.1) is 5.92 Å². The van der Waals surface area contributed by atoms with Gasteiger partial charge in [-0.3, -0.25) is 14.2 Å². The smallest absolute Gasteiger partial charge is 0.294 e. The lowest BCUT2D eigenvalue weighted by atomic mass is 10.2. The predicted molar refractivity (Wildman–Crippen MR) is 127 cm³/mol. The Morgan fingerprint density at radius 2 is 2.12 bits per heavy atom. The summed E-state index contributed by atoms with van der Waals surface area (Å²) in [7, 11) is 0. The zero-order valence-electron chi connectivity index (χ0n) is 18.2. The molecule has 2 fully saturated rings. The van der Waals surface area contributed by atoms with Crippen LogP contribution in [0.3, 0.4) is 0 Å². The van der Waals surface area contributed by atoms with Crippen LogP contribution >= 0.6 is 23.2 Å². The van der Waals surface area contributed by atoms with Gasteiger partial charge >= 0.3 is 0 Å². The van der Waals surface area contributed by atoms with E-state index in [-0.39, 0.29) is 42.1 Å². The minimum atomic E-state index is -0.488. The number of amides is 1. The van der Waals surface area contributed by atoms with Gasteiger partial charge in [-0.2, -0.15) is 0 Å². The van der Waals surface area contributed by atoms with Crippen LogP contribution in [-0.4, -0.2) is 57.4 Å². The molecule has 5 rings (SSSR count). The highest BCUT2D eigenvalue weighted by Gasteiger charge is 2.32. The number of aromatic nitrogens is 4. The summed E-state index contributed by atoms with van der Waals surface area (Å²) in [4.78, 5) is 36.9. The van der Waals surface area contributed by atoms with Gasteiger partial charge in [0.2, 0.25) is 5.91 Å². The molecule has 3 N–H and O–H groups in total. The Hall–Kier alpha value is -2.66. The number of carbonyl (C=O) groups is 1. The predicted octanol–water partition coefficient (Wildman–Crippen LogP) is 2.35. The van der Waals surface area contributed by atoms with Crippen molar-refractivity contribution in [3.63, 3.8) is 0 Å². The van der Waals surface area contributed by atoms with Gasteiger partial charge in [-0.25, -0.2) is 9.97 Å². The number of rotatable bonds is 9. The Labute approximate surface area is 205 Å². The quantitative estimate of drug-likeness (QED) is 0.406. The summed E-state index contributed by atoms with van der Waals surface area (Å²) >= 11 is 12.3. The molecule has 3 aromatic rings. The number of anilines is 1. The van der Waals surface area contributed by atoms with Crippen molar-refractivity contribution in [3.05, 3.63) is 50.7 Å². The van der Waals surface area contributed by atoms with E-state index < -0.39 is 5.56 Å². The number of hydrogen-bond donors (Lipinski definition) is 3. The zero-order valence-corrected chi connectivity index (χ0v) is 19.7. The summed E-state index contributed by atoms with van der Waals surface area (Å²) < 4.78 is 12.6. The fraction of sp³-hybridized carbons (Fsp3) is 0.455. The highest BCUT2D eigenvalue weighted by atomic mass is 35.5. The van der Waals surface area contributed by atoms with E-state index in [9.17, 15) is 9.59 Å². The van der Waals surface area contributed by atoms with Gasteiger partial charge in [-0.1, -0.05) is 23.2 Å². The lowest BCUT2D eigenvalue weighted by molar-refractivity contribution is -0.121.